The van der Waals surface area contributed by atoms with E-state index < -0.39 is 0 Å². The summed E-state index contributed by atoms with van der Waals surface area (Å²) in [7, 11) is 0. The fourth-order valence-corrected chi connectivity index (χ4v) is 1.70. The van der Waals surface area contributed by atoms with Gasteiger partial charge in [-0.05, 0) is 26.0 Å². The smallest absolute Gasteiger partial charge is 0.226 e. The number of hydrogen-bond donors (Lipinski definition) is 1. The molecule has 5 heteroatoms. The Kier molecular flexibility index (Phi) is 3.94. The van der Waals surface area contributed by atoms with Crippen LogP contribution in [0.4, 0.5) is 0 Å². The molecule has 1 N–H and O–H groups in total. The van der Waals surface area contributed by atoms with Gasteiger partial charge < -0.3 is 9.72 Å². The molecule has 0 aliphatic rings. The molecule has 0 unspecified atom stereocenters. The molecule has 0 atom stereocenters. The van der Waals surface area contributed by atoms with E-state index in [4.69, 9.17) is 4.74 Å². The summed E-state index contributed by atoms with van der Waals surface area (Å²) in [6.07, 6.45) is 7.11. The summed E-state index contributed by atoms with van der Waals surface area (Å²) in [6, 6.07) is 0. The van der Waals surface area contributed by atoms with Gasteiger partial charge in [0.15, 0.2) is 5.78 Å². The van der Waals surface area contributed by atoms with Crippen molar-refractivity contribution in [1.29, 1.82) is 0 Å². The molecule has 19 heavy (non-hydrogen) atoms. The SMILES string of the molecule is CCC(=O)/C=C/c1c[nH]c2ncnc(OC(C)C)c12. The number of aromatic amines is 1. The van der Waals surface area contributed by atoms with Gasteiger partial charge in [0.2, 0.25) is 5.88 Å². The highest BCUT2D eigenvalue weighted by Crippen LogP contribution is 2.26. The van der Waals surface area contributed by atoms with Crippen LogP contribution in [-0.2, 0) is 4.79 Å². The van der Waals surface area contributed by atoms with Crippen LogP contribution in [0.1, 0.15) is 32.8 Å². The number of ketones is 1. The van der Waals surface area contributed by atoms with Crippen LogP contribution in [0.3, 0.4) is 0 Å². The number of allylic oxidation sites excluding steroid dienone is 1. The van der Waals surface area contributed by atoms with Crippen LogP contribution in [0, 0.1) is 0 Å². The molecule has 0 aromatic carbocycles. The summed E-state index contributed by atoms with van der Waals surface area (Å²) in [6.45, 7) is 5.71. The fraction of sp³-hybridized carbons (Fsp3) is 0.357. The van der Waals surface area contributed by atoms with Gasteiger partial charge in [-0.15, -0.1) is 0 Å². The Bertz CT molecular complexity index is 614. The quantitative estimate of drug-likeness (QED) is 0.838. The van der Waals surface area contributed by atoms with E-state index in [0.717, 1.165) is 10.9 Å². The highest BCUT2D eigenvalue weighted by Gasteiger charge is 2.11. The molecule has 0 bridgehead atoms. The normalized spacial score (nSPS) is 11.6. The molecule has 2 aromatic rings. The summed E-state index contributed by atoms with van der Waals surface area (Å²) in [4.78, 5) is 22.7. The lowest BCUT2D eigenvalue weighted by Gasteiger charge is -2.09. The second-order valence-electron chi connectivity index (χ2n) is 4.47. The number of fused-ring (bicyclic) bond motifs is 1. The lowest BCUT2D eigenvalue weighted by Crippen LogP contribution is -2.07. The van der Waals surface area contributed by atoms with E-state index in [1.165, 1.54) is 6.33 Å². The van der Waals surface area contributed by atoms with E-state index in [-0.39, 0.29) is 11.9 Å². The lowest BCUT2D eigenvalue weighted by atomic mass is 10.2. The van der Waals surface area contributed by atoms with Crippen molar-refractivity contribution in [2.24, 2.45) is 0 Å². The summed E-state index contributed by atoms with van der Waals surface area (Å²) in [5.41, 5.74) is 1.56. The summed E-state index contributed by atoms with van der Waals surface area (Å²) < 4.78 is 5.67. The van der Waals surface area contributed by atoms with E-state index in [1.54, 1.807) is 18.3 Å². The minimum atomic E-state index is 0.0297. The first kappa shape index (κ1) is 13.3. The summed E-state index contributed by atoms with van der Waals surface area (Å²) >= 11 is 0. The Morgan fingerprint density at radius 3 is 2.95 bits per heavy atom. The highest BCUT2D eigenvalue weighted by atomic mass is 16.5. The van der Waals surface area contributed by atoms with Crippen LogP contribution in [-0.4, -0.2) is 26.8 Å². The van der Waals surface area contributed by atoms with Gasteiger partial charge in [0.25, 0.3) is 0 Å². The molecule has 0 radical (unpaired) electrons. The van der Waals surface area contributed by atoms with Crippen molar-refractivity contribution >= 4 is 22.9 Å². The topological polar surface area (TPSA) is 67.9 Å². The van der Waals surface area contributed by atoms with E-state index >= 15 is 0 Å². The number of nitrogens with one attached hydrogen (secondary N) is 1. The molecular formula is C14H17N3O2. The van der Waals surface area contributed by atoms with Crippen molar-refractivity contribution in [2.75, 3.05) is 0 Å². The van der Waals surface area contributed by atoms with Crippen LogP contribution >= 0.6 is 0 Å². The van der Waals surface area contributed by atoms with Crippen molar-refractivity contribution < 1.29 is 9.53 Å². The minimum Gasteiger partial charge on any atom is -0.474 e. The molecule has 0 saturated heterocycles. The van der Waals surface area contributed by atoms with Gasteiger partial charge in [-0.25, -0.2) is 9.97 Å². The van der Waals surface area contributed by atoms with Gasteiger partial charge >= 0.3 is 0 Å². The van der Waals surface area contributed by atoms with Gasteiger partial charge in [-0.3, -0.25) is 4.79 Å². The number of carbonyl (C=O) groups is 1. The number of rotatable bonds is 5. The molecule has 0 aliphatic heterocycles. The average Bonchev–Trinajstić information content (AvgIpc) is 2.79. The number of ether oxygens (including phenoxy) is 1. The van der Waals surface area contributed by atoms with Crippen LogP contribution in [0.25, 0.3) is 17.1 Å². The standard InChI is InChI=1S/C14H17N3O2/c1-4-11(18)6-5-10-7-15-13-12(10)14(17-8-16-13)19-9(2)3/h5-9H,4H2,1-3H3,(H,15,16,17)/b6-5+. The third-order valence-corrected chi connectivity index (χ3v) is 2.61. The van der Waals surface area contributed by atoms with Gasteiger partial charge in [-0.2, -0.15) is 0 Å². The van der Waals surface area contributed by atoms with E-state index in [0.29, 0.717) is 17.9 Å². The van der Waals surface area contributed by atoms with Crippen molar-refractivity contribution in [3.8, 4) is 5.88 Å². The molecular weight excluding hydrogens is 242 g/mol. The summed E-state index contributed by atoms with van der Waals surface area (Å²) in [5.74, 6) is 0.613. The molecule has 0 aliphatic carbocycles. The third kappa shape index (κ3) is 2.99. The largest absolute Gasteiger partial charge is 0.474 e. The van der Waals surface area contributed by atoms with Crippen LogP contribution in [0.15, 0.2) is 18.6 Å². The number of carbonyl (C=O) groups excluding carboxylic acids is 1. The molecule has 2 rings (SSSR count). The highest BCUT2D eigenvalue weighted by molar-refractivity contribution is 5.97. The van der Waals surface area contributed by atoms with Crippen LogP contribution < -0.4 is 4.74 Å². The van der Waals surface area contributed by atoms with Crippen molar-refractivity contribution in [3.05, 3.63) is 24.2 Å². The fourth-order valence-electron chi connectivity index (χ4n) is 1.70. The molecule has 0 fully saturated rings. The minimum absolute atomic E-state index is 0.0297. The zero-order valence-electron chi connectivity index (χ0n) is 11.3. The Labute approximate surface area is 111 Å². The molecule has 100 valence electrons. The summed E-state index contributed by atoms with van der Waals surface area (Å²) in [5, 5.41) is 0.802. The van der Waals surface area contributed by atoms with Crippen molar-refractivity contribution in [2.45, 2.75) is 33.3 Å². The Morgan fingerprint density at radius 2 is 2.26 bits per heavy atom. The van der Waals surface area contributed by atoms with Crippen LogP contribution in [0.5, 0.6) is 5.88 Å². The predicted octanol–water partition coefficient (Wildman–Crippen LogP) is 2.74. The zero-order chi connectivity index (χ0) is 13.8. The predicted molar refractivity (Wildman–Crippen MR) is 74.0 cm³/mol. The molecule has 0 saturated carbocycles. The molecule has 0 amide bonds. The number of H-pyrrole nitrogens is 1. The first-order chi connectivity index (χ1) is 9.11. The second-order valence-corrected chi connectivity index (χ2v) is 4.47. The number of hydrogen-bond acceptors (Lipinski definition) is 4. The Morgan fingerprint density at radius 1 is 1.47 bits per heavy atom. The second kappa shape index (κ2) is 5.65. The molecule has 2 aromatic heterocycles. The van der Waals surface area contributed by atoms with Gasteiger partial charge in [-0.1, -0.05) is 6.92 Å². The maximum Gasteiger partial charge on any atom is 0.226 e. The molecule has 5 nitrogen and oxygen atoms in total. The molecule has 2 heterocycles. The van der Waals surface area contributed by atoms with Gasteiger partial charge in [0.1, 0.15) is 12.0 Å². The monoisotopic (exact) mass is 259 g/mol. The van der Waals surface area contributed by atoms with Gasteiger partial charge in [0.05, 0.1) is 11.5 Å². The van der Waals surface area contributed by atoms with Gasteiger partial charge in [0, 0.05) is 18.2 Å². The maximum atomic E-state index is 11.3. The average molecular weight is 259 g/mol. The maximum absolute atomic E-state index is 11.3. The first-order valence-electron chi connectivity index (χ1n) is 6.31. The van der Waals surface area contributed by atoms with Crippen molar-refractivity contribution in [3.63, 3.8) is 0 Å². The Balaban J connectivity index is 2.44. The first-order valence-corrected chi connectivity index (χ1v) is 6.31. The van der Waals surface area contributed by atoms with E-state index in [1.807, 2.05) is 20.8 Å². The van der Waals surface area contributed by atoms with Crippen LogP contribution in [0.2, 0.25) is 0 Å². The zero-order valence-corrected chi connectivity index (χ0v) is 11.3. The lowest BCUT2D eigenvalue weighted by molar-refractivity contribution is -0.114. The molecule has 0 spiro atoms. The van der Waals surface area contributed by atoms with E-state index in [2.05, 4.69) is 15.0 Å². The number of aromatic nitrogens is 3. The van der Waals surface area contributed by atoms with Crippen molar-refractivity contribution in [1.82, 2.24) is 15.0 Å². The number of nitrogens with zero attached hydrogens (tertiary/aromatic N) is 2. The third-order valence-electron chi connectivity index (χ3n) is 2.61. The van der Waals surface area contributed by atoms with E-state index in [9.17, 15) is 4.79 Å². The Hall–Kier alpha value is -2.17.